The zero-order chi connectivity index (χ0) is 14.5. The van der Waals surface area contributed by atoms with Crippen LogP contribution in [0.2, 0.25) is 0 Å². The van der Waals surface area contributed by atoms with E-state index in [0.717, 1.165) is 11.4 Å². The first kappa shape index (κ1) is 14.2. The number of hydrogen-bond acceptors (Lipinski definition) is 5. The van der Waals surface area contributed by atoms with Crippen LogP contribution in [0, 0.1) is 0 Å². The van der Waals surface area contributed by atoms with E-state index in [4.69, 9.17) is 4.74 Å². The van der Waals surface area contributed by atoms with Gasteiger partial charge in [-0.25, -0.2) is 4.79 Å². The average Bonchev–Trinajstić information content (AvgIpc) is 2.53. The fourth-order valence-electron chi connectivity index (χ4n) is 2.18. The van der Waals surface area contributed by atoms with E-state index in [1.165, 1.54) is 12.0 Å². The third-order valence-electron chi connectivity index (χ3n) is 3.36. The summed E-state index contributed by atoms with van der Waals surface area (Å²) in [6.45, 7) is 2.41. The molecule has 0 radical (unpaired) electrons. The lowest BCUT2D eigenvalue weighted by Crippen LogP contribution is -2.50. The predicted octanol–water partition coefficient (Wildman–Crippen LogP) is 0.517. The number of amides is 1. The highest BCUT2D eigenvalue weighted by atomic mass is 16.5. The number of benzene rings is 1. The third-order valence-corrected chi connectivity index (χ3v) is 3.36. The standard InChI is InChI=1S/C14H18N2O4/c1-19-12-5-3-11(4-6-12)15-7-9-16(10-8-15)13(17)14(18)20-2/h3-6H,7-10H2,1-2H3. The summed E-state index contributed by atoms with van der Waals surface area (Å²) in [5.41, 5.74) is 1.08. The molecule has 0 atom stereocenters. The Morgan fingerprint density at radius 3 is 2.10 bits per heavy atom. The van der Waals surface area contributed by atoms with Crippen molar-refractivity contribution in [3.05, 3.63) is 24.3 Å². The zero-order valence-corrected chi connectivity index (χ0v) is 11.7. The second-order valence-electron chi connectivity index (χ2n) is 4.47. The summed E-state index contributed by atoms with van der Waals surface area (Å²) in [6.07, 6.45) is 0. The van der Waals surface area contributed by atoms with Crippen LogP contribution in [0.5, 0.6) is 5.75 Å². The van der Waals surface area contributed by atoms with Crippen molar-refractivity contribution in [2.45, 2.75) is 0 Å². The fourth-order valence-corrected chi connectivity index (χ4v) is 2.18. The first-order valence-corrected chi connectivity index (χ1v) is 6.42. The lowest BCUT2D eigenvalue weighted by atomic mass is 10.2. The summed E-state index contributed by atoms with van der Waals surface area (Å²) in [7, 11) is 2.85. The van der Waals surface area contributed by atoms with Crippen LogP contribution in [0.1, 0.15) is 0 Å². The molecule has 0 bridgehead atoms. The number of ether oxygens (including phenoxy) is 2. The van der Waals surface area contributed by atoms with Gasteiger partial charge in [-0.2, -0.15) is 0 Å². The van der Waals surface area contributed by atoms with Gasteiger partial charge in [0.25, 0.3) is 0 Å². The molecule has 1 fully saturated rings. The smallest absolute Gasteiger partial charge is 0.396 e. The maximum absolute atomic E-state index is 11.7. The van der Waals surface area contributed by atoms with Crippen LogP contribution in [0.3, 0.4) is 0 Å². The highest BCUT2D eigenvalue weighted by Gasteiger charge is 2.26. The number of esters is 1. The van der Waals surface area contributed by atoms with E-state index in [1.54, 1.807) is 7.11 Å². The van der Waals surface area contributed by atoms with Crippen molar-refractivity contribution in [2.75, 3.05) is 45.3 Å². The second-order valence-corrected chi connectivity index (χ2v) is 4.47. The number of rotatable bonds is 2. The van der Waals surface area contributed by atoms with Gasteiger partial charge in [-0.1, -0.05) is 0 Å². The SMILES string of the molecule is COC(=O)C(=O)N1CCN(c2ccc(OC)cc2)CC1. The van der Waals surface area contributed by atoms with E-state index in [-0.39, 0.29) is 0 Å². The molecule has 0 N–H and O–H groups in total. The van der Waals surface area contributed by atoms with Gasteiger partial charge in [0.2, 0.25) is 0 Å². The molecular weight excluding hydrogens is 260 g/mol. The summed E-state index contributed by atoms with van der Waals surface area (Å²) in [6, 6.07) is 7.77. The van der Waals surface area contributed by atoms with Gasteiger partial charge in [0.15, 0.2) is 0 Å². The van der Waals surface area contributed by atoms with E-state index >= 15 is 0 Å². The number of nitrogens with zero attached hydrogens (tertiary/aromatic N) is 2. The normalized spacial score (nSPS) is 14.9. The average molecular weight is 278 g/mol. The third kappa shape index (κ3) is 3.01. The van der Waals surface area contributed by atoms with Gasteiger partial charge in [0.1, 0.15) is 5.75 Å². The Morgan fingerprint density at radius 1 is 1.00 bits per heavy atom. The van der Waals surface area contributed by atoms with Crippen molar-refractivity contribution in [1.29, 1.82) is 0 Å². The molecule has 0 aromatic heterocycles. The van der Waals surface area contributed by atoms with E-state index in [2.05, 4.69) is 9.64 Å². The Bertz CT molecular complexity index is 478. The van der Waals surface area contributed by atoms with Crippen molar-refractivity contribution in [3.8, 4) is 5.75 Å². The topological polar surface area (TPSA) is 59.1 Å². The molecule has 1 aromatic carbocycles. The number of carbonyl (C=O) groups is 2. The largest absolute Gasteiger partial charge is 0.497 e. The Hall–Kier alpha value is -2.24. The second kappa shape index (κ2) is 6.27. The molecule has 1 heterocycles. The van der Waals surface area contributed by atoms with Crippen molar-refractivity contribution in [3.63, 3.8) is 0 Å². The Kier molecular flexibility index (Phi) is 4.45. The molecule has 6 nitrogen and oxygen atoms in total. The molecule has 1 amide bonds. The van der Waals surface area contributed by atoms with Crippen molar-refractivity contribution >= 4 is 17.6 Å². The molecular formula is C14H18N2O4. The van der Waals surface area contributed by atoms with Crippen molar-refractivity contribution in [1.82, 2.24) is 4.90 Å². The number of anilines is 1. The maximum atomic E-state index is 11.7. The van der Waals surface area contributed by atoms with E-state index < -0.39 is 11.9 Å². The Labute approximate surface area is 117 Å². The monoisotopic (exact) mass is 278 g/mol. The van der Waals surface area contributed by atoms with E-state index in [1.807, 2.05) is 24.3 Å². The first-order chi connectivity index (χ1) is 9.65. The minimum atomic E-state index is -0.803. The van der Waals surface area contributed by atoms with Crippen LogP contribution >= 0.6 is 0 Å². The lowest BCUT2D eigenvalue weighted by molar-refractivity contribution is -0.158. The van der Waals surface area contributed by atoms with Crippen molar-refractivity contribution in [2.24, 2.45) is 0 Å². The molecule has 0 spiro atoms. The molecule has 1 aliphatic heterocycles. The lowest BCUT2D eigenvalue weighted by Gasteiger charge is -2.35. The van der Waals surface area contributed by atoms with Crippen LogP contribution in [0.4, 0.5) is 5.69 Å². The Morgan fingerprint density at radius 2 is 1.60 bits per heavy atom. The van der Waals surface area contributed by atoms with Crippen molar-refractivity contribution < 1.29 is 19.1 Å². The molecule has 1 aromatic rings. The van der Waals surface area contributed by atoms with Crippen LogP contribution in [0.25, 0.3) is 0 Å². The minimum absolute atomic E-state index is 0.514. The summed E-state index contributed by atoms with van der Waals surface area (Å²) >= 11 is 0. The minimum Gasteiger partial charge on any atom is -0.497 e. The van der Waals surface area contributed by atoms with Gasteiger partial charge in [0.05, 0.1) is 14.2 Å². The van der Waals surface area contributed by atoms with Gasteiger partial charge < -0.3 is 19.3 Å². The highest BCUT2D eigenvalue weighted by Crippen LogP contribution is 2.20. The molecule has 2 rings (SSSR count). The van der Waals surface area contributed by atoms with Gasteiger partial charge in [-0.3, -0.25) is 4.79 Å². The van der Waals surface area contributed by atoms with E-state index in [9.17, 15) is 9.59 Å². The molecule has 0 unspecified atom stereocenters. The van der Waals surface area contributed by atoms with Crippen LogP contribution in [0.15, 0.2) is 24.3 Å². The molecule has 1 aliphatic rings. The maximum Gasteiger partial charge on any atom is 0.396 e. The van der Waals surface area contributed by atoms with E-state index in [0.29, 0.717) is 26.2 Å². The number of methoxy groups -OCH3 is 2. The van der Waals surface area contributed by atoms with Gasteiger partial charge >= 0.3 is 11.9 Å². The van der Waals surface area contributed by atoms with Crippen LogP contribution in [-0.2, 0) is 14.3 Å². The molecule has 1 saturated heterocycles. The van der Waals surface area contributed by atoms with Gasteiger partial charge in [0, 0.05) is 31.9 Å². The quantitative estimate of drug-likeness (QED) is 0.583. The van der Waals surface area contributed by atoms with Crippen LogP contribution < -0.4 is 9.64 Å². The number of piperazine rings is 1. The van der Waals surface area contributed by atoms with Crippen LogP contribution in [-0.4, -0.2) is 57.2 Å². The summed E-state index contributed by atoms with van der Waals surface area (Å²) < 4.78 is 9.57. The first-order valence-electron chi connectivity index (χ1n) is 6.42. The summed E-state index contributed by atoms with van der Waals surface area (Å²) in [5, 5.41) is 0. The molecule has 0 saturated carbocycles. The van der Waals surface area contributed by atoms with Gasteiger partial charge in [-0.05, 0) is 24.3 Å². The number of hydrogen-bond donors (Lipinski definition) is 0. The summed E-state index contributed by atoms with van der Waals surface area (Å²) in [5.74, 6) is -0.557. The molecule has 6 heteroatoms. The molecule has 20 heavy (non-hydrogen) atoms. The Balaban J connectivity index is 1.93. The molecule has 108 valence electrons. The van der Waals surface area contributed by atoms with Gasteiger partial charge in [-0.15, -0.1) is 0 Å². The fraction of sp³-hybridized carbons (Fsp3) is 0.429. The summed E-state index contributed by atoms with van der Waals surface area (Å²) in [4.78, 5) is 26.6. The highest BCUT2D eigenvalue weighted by molar-refractivity contribution is 6.32. The number of carbonyl (C=O) groups excluding carboxylic acids is 2. The predicted molar refractivity (Wildman–Crippen MR) is 73.8 cm³/mol. The zero-order valence-electron chi connectivity index (χ0n) is 11.7. The molecule has 0 aliphatic carbocycles.